The molecule has 21 heavy (non-hydrogen) atoms. The SMILES string of the molecule is C=C(CC1Cc2c(cccc2OC)CC1NOC)C(=O)O. The summed E-state index contributed by atoms with van der Waals surface area (Å²) in [5.74, 6) is 0.0173. The Morgan fingerprint density at radius 3 is 2.81 bits per heavy atom. The van der Waals surface area contributed by atoms with Crippen LogP contribution in [0.4, 0.5) is 0 Å². The number of rotatable bonds is 6. The normalized spacial score (nSPS) is 20.7. The van der Waals surface area contributed by atoms with Gasteiger partial charge in [-0.3, -0.25) is 0 Å². The van der Waals surface area contributed by atoms with Crippen LogP contribution in [0.25, 0.3) is 0 Å². The zero-order valence-corrected chi connectivity index (χ0v) is 12.4. The van der Waals surface area contributed by atoms with Crippen molar-refractivity contribution in [2.75, 3.05) is 14.2 Å². The van der Waals surface area contributed by atoms with Gasteiger partial charge in [-0.25, -0.2) is 4.79 Å². The van der Waals surface area contributed by atoms with E-state index < -0.39 is 5.97 Å². The van der Waals surface area contributed by atoms with Crippen molar-refractivity contribution in [1.29, 1.82) is 0 Å². The number of aliphatic carboxylic acids is 1. The molecule has 1 aliphatic rings. The summed E-state index contributed by atoms with van der Waals surface area (Å²) in [4.78, 5) is 16.1. The number of carboxylic acid groups (broad SMARTS) is 1. The van der Waals surface area contributed by atoms with Gasteiger partial charge in [-0.2, -0.15) is 5.48 Å². The number of carboxylic acids is 1. The molecule has 1 aromatic carbocycles. The molecule has 5 nitrogen and oxygen atoms in total. The summed E-state index contributed by atoms with van der Waals surface area (Å²) in [5, 5.41) is 9.05. The van der Waals surface area contributed by atoms with Gasteiger partial charge in [0.15, 0.2) is 0 Å². The molecule has 2 N–H and O–H groups in total. The Kier molecular flexibility index (Phi) is 4.98. The first-order chi connectivity index (χ1) is 10.1. The first kappa shape index (κ1) is 15.5. The van der Waals surface area contributed by atoms with Gasteiger partial charge in [-0.1, -0.05) is 18.7 Å². The van der Waals surface area contributed by atoms with Crippen molar-refractivity contribution < 1.29 is 19.5 Å². The van der Waals surface area contributed by atoms with Crippen LogP contribution in [-0.2, 0) is 22.5 Å². The van der Waals surface area contributed by atoms with Crippen LogP contribution in [0, 0.1) is 5.92 Å². The Morgan fingerprint density at radius 2 is 2.19 bits per heavy atom. The standard InChI is InChI=1S/C16H21NO4/c1-10(16(18)19)7-12-8-13-11(9-14(12)17-21-3)5-4-6-15(13)20-2/h4-6,12,14,17H,1,7-9H2,2-3H3,(H,18,19). The molecular formula is C16H21NO4. The van der Waals surface area contributed by atoms with E-state index >= 15 is 0 Å². The van der Waals surface area contributed by atoms with Crippen LogP contribution in [0.2, 0.25) is 0 Å². The van der Waals surface area contributed by atoms with Crippen LogP contribution >= 0.6 is 0 Å². The van der Waals surface area contributed by atoms with Crippen molar-refractivity contribution in [2.24, 2.45) is 5.92 Å². The van der Waals surface area contributed by atoms with Crippen molar-refractivity contribution in [3.05, 3.63) is 41.5 Å². The second-order valence-electron chi connectivity index (χ2n) is 5.31. The molecule has 114 valence electrons. The van der Waals surface area contributed by atoms with Crippen molar-refractivity contribution in [3.8, 4) is 5.75 Å². The molecule has 0 heterocycles. The lowest BCUT2D eigenvalue weighted by Crippen LogP contribution is -2.42. The van der Waals surface area contributed by atoms with E-state index in [2.05, 4.69) is 18.1 Å². The molecule has 2 atom stereocenters. The average molecular weight is 291 g/mol. The number of fused-ring (bicyclic) bond motifs is 1. The summed E-state index contributed by atoms with van der Waals surface area (Å²) in [7, 11) is 3.23. The molecule has 0 radical (unpaired) electrons. The number of hydrogen-bond acceptors (Lipinski definition) is 4. The second-order valence-corrected chi connectivity index (χ2v) is 5.31. The minimum Gasteiger partial charge on any atom is -0.496 e. The highest BCUT2D eigenvalue weighted by atomic mass is 16.6. The predicted molar refractivity (Wildman–Crippen MR) is 79.2 cm³/mol. The molecular weight excluding hydrogens is 270 g/mol. The summed E-state index contributed by atoms with van der Waals surface area (Å²) in [6, 6.07) is 6.04. The molecule has 0 amide bonds. The van der Waals surface area contributed by atoms with Gasteiger partial charge in [-0.15, -0.1) is 0 Å². The monoisotopic (exact) mass is 291 g/mol. The average Bonchev–Trinajstić information content (AvgIpc) is 2.47. The summed E-state index contributed by atoms with van der Waals surface area (Å²) in [6.45, 7) is 3.64. The highest BCUT2D eigenvalue weighted by Crippen LogP contribution is 2.34. The maximum atomic E-state index is 11.0. The Hall–Kier alpha value is -1.85. The van der Waals surface area contributed by atoms with E-state index in [0.717, 1.165) is 24.2 Å². The fourth-order valence-electron chi connectivity index (χ4n) is 2.94. The molecule has 0 fully saturated rings. The molecule has 5 heteroatoms. The van der Waals surface area contributed by atoms with Crippen molar-refractivity contribution >= 4 is 5.97 Å². The van der Waals surface area contributed by atoms with E-state index in [4.69, 9.17) is 14.7 Å². The fourth-order valence-corrected chi connectivity index (χ4v) is 2.94. The van der Waals surface area contributed by atoms with E-state index in [9.17, 15) is 4.79 Å². The van der Waals surface area contributed by atoms with Crippen molar-refractivity contribution in [3.63, 3.8) is 0 Å². The van der Waals surface area contributed by atoms with Crippen molar-refractivity contribution in [2.45, 2.75) is 25.3 Å². The Morgan fingerprint density at radius 1 is 1.43 bits per heavy atom. The van der Waals surface area contributed by atoms with Gasteiger partial charge in [0.25, 0.3) is 0 Å². The summed E-state index contributed by atoms with van der Waals surface area (Å²) in [6.07, 6.45) is 1.94. The van der Waals surface area contributed by atoms with Gasteiger partial charge in [-0.05, 0) is 42.4 Å². The zero-order chi connectivity index (χ0) is 15.4. The quantitative estimate of drug-likeness (QED) is 0.619. The van der Waals surface area contributed by atoms with Gasteiger partial charge in [0.05, 0.1) is 14.2 Å². The van der Waals surface area contributed by atoms with E-state index in [1.807, 2.05) is 12.1 Å². The molecule has 2 unspecified atom stereocenters. The number of hydrogen-bond donors (Lipinski definition) is 2. The number of carbonyl (C=O) groups is 1. The third-order valence-corrected chi connectivity index (χ3v) is 4.01. The minimum atomic E-state index is -0.947. The molecule has 2 rings (SSSR count). The molecule has 0 spiro atoms. The number of methoxy groups -OCH3 is 1. The number of benzene rings is 1. The predicted octanol–water partition coefficient (Wildman–Crippen LogP) is 1.96. The third-order valence-electron chi connectivity index (χ3n) is 4.01. The summed E-state index contributed by atoms with van der Waals surface area (Å²) in [5.41, 5.74) is 5.57. The van der Waals surface area contributed by atoms with Gasteiger partial charge in [0.2, 0.25) is 0 Å². The lowest BCUT2D eigenvalue weighted by atomic mass is 9.77. The molecule has 1 aromatic rings. The smallest absolute Gasteiger partial charge is 0.330 e. The highest BCUT2D eigenvalue weighted by Gasteiger charge is 2.31. The number of ether oxygens (including phenoxy) is 1. The van der Waals surface area contributed by atoms with E-state index in [1.165, 1.54) is 5.56 Å². The maximum Gasteiger partial charge on any atom is 0.330 e. The molecule has 0 aliphatic heterocycles. The largest absolute Gasteiger partial charge is 0.496 e. The van der Waals surface area contributed by atoms with Crippen LogP contribution in [0.1, 0.15) is 17.5 Å². The Balaban J connectivity index is 2.26. The van der Waals surface area contributed by atoms with Gasteiger partial charge in [0.1, 0.15) is 5.75 Å². The fraction of sp³-hybridized carbons (Fsp3) is 0.438. The Bertz CT molecular complexity index is 541. The second kappa shape index (κ2) is 6.74. The van der Waals surface area contributed by atoms with Crippen molar-refractivity contribution in [1.82, 2.24) is 5.48 Å². The zero-order valence-electron chi connectivity index (χ0n) is 12.4. The van der Waals surface area contributed by atoms with Crippen LogP contribution in [-0.4, -0.2) is 31.3 Å². The first-order valence-corrected chi connectivity index (χ1v) is 6.91. The van der Waals surface area contributed by atoms with Gasteiger partial charge in [0, 0.05) is 11.6 Å². The van der Waals surface area contributed by atoms with Gasteiger partial charge < -0.3 is 14.7 Å². The van der Waals surface area contributed by atoms with E-state index in [0.29, 0.717) is 6.42 Å². The van der Waals surface area contributed by atoms with Crippen LogP contribution < -0.4 is 10.2 Å². The maximum absolute atomic E-state index is 11.0. The van der Waals surface area contributed by atoms with E-state index in [-0.39, 0.29) is 17.5 Å². The summed E-state index contributed by atoms with van der Waals surface area (Å²) < 4.78 is 5.42. The van der Waals surface area contributed by atoms with Crippen LogP contribution in [0.15, 0.2) is 30.4 Å². The molecule has 0 saturated heterocycles. The first-order valence-electron chi connectivity index (χ1n) is 6.91. The van der Waals surface area contributed by atoms with Gasteiger partial charge >= 0.3 is 5.97 Å². The lowest BCUT2D eigenvalue weighted by Gasteiger charge is -2.33. The highest BCUT2D eigenvalue weighted by molar-refractivity contribution is 5.85. The van der Waals surface area contributed by atoms with E-state index in [1.54, 1.807) is 14.2 Å². The molecule has 0 bridgehead atoms. The Labute approximate surface area is 124 Å². The number of nitrogens with one attached hydrogen (secondary N) is 1. The lowest BCUT2D eigenvalue weighted by molar-refractivity contribution is -0.133. The molecule has 1 aliphatic carbocycles. The third kappa shape index (κ3) is 3.43. The number of hydroxylamine groups is 1. The minimum absolute atomic E-state index is 0.0608. The molecule has 0 aromatic heterocycles. The van der Waals surface area contributed by atoms with Crippen LogP contribution in [0.5, 0.6) is 5.75 Å². The van der Waals surface area contributed by atoms with Crippen LogP contribution in [0.3, 0.4) is 0 Å². The summed E-state index contributed by atoms with van der Waals surface area (Å²) >= 11 is 0. The molecule has 0 saturated carbocycles. The topological polar surface area (TPSA) is 67.8 Å².